The highest BCUT2D eigenvalue weighted by molar-refractivity contribution is 9.10. The van der Waals surface area contributed by atoms with E-state index in [9.17, 15) is 9.59 Å². The number of nitrogens with zero attached hydrogens (tertiary/aromatic N) is 1. The number of carbonyl (C=O) groups is 2. The third-order valence-corrected chi connectivity index (χ3v) is 7.27. The average Bonchev–Trinajstić information content (AvgIpc) is 2.83. The van der Waals surface area contributed by atoms with Gasteiger partial charge in [0.05, 0.1) is 0 Å². The lowest BCUT2D eigenvalue weighted by Crippen LogP contribution is -2.55. The summed E-state index contributed by atoms with van der Waals surface area (Å²) in [6.45, 7) is 12.0. The van der Waals surface area contributed by atoms with Gasteiger partial charge in [-0.1, -0.05) is 76.1 Å². The van der Waals surface area contributed by atoms with Crippen molar-refractivity contribution in [3.8, 4) is 5.75 Å². The summed E-state index contributed by atoms with van der Waals surface area (Å²) < 4.78 is 6.98. The maximum atomic E-state index is 13.7. The van der Waals surface area contributed by atoms with E-state index in [1.165, 1.54) is 0 Å². The van der Waals surface area contributed by atoms with Gasteiger partial charge in [0.15, 0.2) is 6.61 Å². The van der Waals surface area contributed by atoms with Crippen LogP contribution in [0.15, 0.2) is 71.2 Å². The third-order valence-electron chi connectivity index (χ3n) is 6.02. The molecule has 0 aliphatic rings. The summed E-state index contributed by atoms with van der Waals surface area (Å²) in [4.78, 5) is 29.0. The molecule has 1 N–H and O–H groups in total. The van der Waals surface area contributed by atoms with Crippen LogP contribution in [0.3, 0.4) is 0 Å². The van der Waals surface area contributed by atoms with Crippen molar-refractivity contribution < 1.29 is 14.3 Å². The van der Waals surface area contributed by atoms with Crippen molar-refractivity contribution in [1.82, 2.24) is 10.2 Å². The average molecular weight is 566 g/mol. The summed E-state index contributed by atoms with van der Waals surface area (Å²) in [7, 11) is 0. The summed E-state index contributed by atoms with van der Waals surface area (Å²) in [5.41, 5.74) is 4.70. The van der Waals surface area contributed by atoms with Crippen molar-refractivity contribution in [3.05, 3.63) is 99.0 Å². The van der Waals surface area contributed by atoms with Crippen molar-refractivity contribution in [2.45, 2.75) is 66.1 Å². The molecule has 3 aromatic carbocycles. The smallest absolute Gasteiger partial charge is 0.261 e. The molecule has 196 valence electrons. The number of halogens is 1. The summed E-state index contributed by atoms with van der Waals surface area (Å²) in [5, 5.41) is 3.09. The topological polar surface area (TPSA) is 58.6 Å². The molecule has 0 bridgehead atoms. The number of ether oxygens (including phenoxy) is 1. The van der Waals surface area contributed by atoms with Gasteiger partial charge in [-0.05, 0) is 75.9 Å². The van der Waals surface area contributed by atoms with Crippen LogP contribution in [0.25, 0.3) is 0 Å². The molecule has 1 atom stereocenters. The minimum Gasteiger partial charge on any atom is -0.484 e. The first kappa shape index (κ1) is 28.5. The second-order valence-corrected chi connectivity index (χ2v) is 11.4. The lowest BCUT2D eigenvalue weighted by molar-refractivity contribution is -0.143. The lowest BCUT2D eigenvalue weighted by atomic mass is 10.0. The molecule has 37 heavy (non-hydrogen) atoms. The predicted octanol–water partition coefficient (Wildman–Crippen LogP) is 6.31. The molecule has 0 heterocycles. The van der Waals surface area contributed by atoms with Gasteiger partial charge >= 0.3 is 0 Å². The lowest BCUT2D eigenvalue weighted by Gasteiger charge is -2.33. The number of hydrogen-bond acceptors (Lipinski definition) is 3. The van der Waals surface area contributed by atoms with E-state index in [4.69, 9.17) is 4.74 Å². The van der Waals surface area contributed by atoms with Crippen LogP contribution >= 0.6 is 15.9 Å². The first-order valence-corrected chi connectivity index (χ1v) is 13.3. The maximum Gasteiger partial charge on any atom is 0.261 e. The SMILES string of the molecule is Cc1ccc(CN(C(=O)COc2cc(C)c(Br)c(C)c2)C(Cc2ccccc2)C(=O)NC(C)(C)C)cc1. The van der Waals surface area contributed by atoms with Crippen LogP contribution in [0, 0.1) is 20.8 Å². The summed E-state index contributed by atoms with van der Waals surface area (Å²) in [6.07, 6.45) is 0.400. The Bertz CT molecular complexity index is 1190. The molecular weight excluding hydrogens is 528 g/mol. The van der Waals surface area contributed by atoms with E-state index in [1.54, 1.807) is 4.90 Å². The quantitative estimate of drug-likeness (QED) is 0.331. The Labute approximate surface area is 229 Å². The Balaban J connectivity index is 1.94. The molecule has 1 unspecified atom stereocenters. The third kappa shape index (κ3) is 8.46. The molecule has 3 aromatic rings. The molecule has 5 nitrogen and oxygen atoms in total. The zero-order valence-corrected chi connectivity index (χ0v) is 24.2. The van der Waals surface area contributed by atoms with Crippen LogP contribution in [-0.2, 0) is 22.6 Å². The largest absolute Gasteiger partial charge is 0.484 e. The molecule has 6 heteroatoms. The molecule has 0 spiro atoms. The van der Waals surface area contributed by atoms with Crippen LogP contribution in [0.4, 0.5) is 0 Å². The van der Waals surface area contributed by atoms with E-state index < -0.39 is 11.6 Å². The summed E-state index contributed by atoms with van der Waals surface area (Å²) >= 11 is 3.57. The van der Waals surface area contributed by atoms with E-state index in [0.717, 1.165) is 32.3 Å². The number of hydrogen-bond donors (Lipinski definition) is 1. The van der Waals surface area contributed by atoms with Gasteiger partial charge in [0.1, 0.15) is 11.8 Å². The fourth-order valence-corrected chi connectivity index (χ4v) is 4.34. The first-order valence-electron chi connectivity index (χ1n) is 12.5. The van der Waals surface area contributed by atoms with Gasteiger partial charge in [-0.25, -0.2) is 0 Å². The van der Waals surface area contributed by atoms with E-state index in [1.807, 2.05) is 108 Å². The molecule has 0 aromatic heterocycles. The Morgan fingerprint density at radius 2 is 1.51 bits per heavy atom. The monoisotopic (exact) mass is 564 g/mol. The van der Waals surface area contributed by atoms with Crippen molar-refractivity contribution in [2.75, 3.05) is 6.61 Å². The summed E-state index contributed by atoms with van der Waals surface area (Å²) in [6, 6.07) is 20.9. The fourth-order valence-electron chi connectivity index (χ4n) is 4.11. The Hall–Kier alpha value is -3.12. The summed E-state index contributed by atoms with van der Waals surface area (Å²) in [5.74, 6) is 0.191. The highest BCUT2D eigenvalue weighted by atomic mass is 79.9. The Kier molecular flexibility index (Phi) is 9.55. The fraction of sp³-hybridized carbons (Fsp3) is 0.355. The van der Waals surface area contributed by atoms with Crippen molar-refractivity contribution in [1.29, 1.82) is 0 Å². The number of benzene rings is 3. The molecule has 2 amide bonds. The van der Waals surface area contributed by atoms with Crippen LogP contribution in [-0.4, -0.2) is 34.9 Å². The van der Waals surface area contributed by atoms with Crippen LogP contribution in [0.1, 0.15) is 48.6 Å². The number of nitrogens with one attached hydrogen (secondary N) is 1. The Morgan fingerprint density at radius 3 is 2.08 bits per heavy atom. The standard InChI is InChI=1S/C31H37BrN2O3/c1-21-12-14-25(15-13-21)19-34(28(35)20-37-26-16-22(2)29(32)23(3)17-26)27(30(36)33-31(4,5)6)18-24-10-8-7-9-11-24/h7-17,27H,18-20H2,1-6H3,(H,33,36). The van der Waals surface area contributed by atoms with Crippen LogP contribution in [0.2, 0.25) is 0 Å². The second kappa shape index (κ2) is 12.4. The molecular formula is C31H37BrN2O3. The normalized spacial score (nSPS) is 12.1. The van der Waals surface area contributed by atoms with E-state index in [2.05, 4.69) is 21.2 Å². The molecule has 0 radical (unpaired) electrons. The van der Waals surface area contributed by atoms with Crippen molar-refractivity contribution in [3.63, 3.8) is 0 Å². The number of rotatable bonds is 9. The zero-order chi connectivity index (χ0) is 27.2. The van der Waals surface area contributed by atoms with E-state index in [0.29, 0.717) is 18.7 Å². The van der Waals surface area contributed by atoms with E-state index >= 15 is 0 Å². The van der Waals surface area contributed by atoms with Crippen molar-refractivity contribution in [2.24, 2.45) is 0 Å². The molecule has 0 aliphatic heterocycles. The van der Waals surface area contributed by atoms with Crippen molar-refractivity contribution >= 4 is 27.7 Å². The molecule has 0 aliphatic carbocycles. The molecule has 3 rings (SSSR count). The molecule has 0 saturated heterocycles. The van der Waals surface area contributed by atoms with Gasteiger partial charge < -0.3 is 15.0 Å². The second-order valence-electron chi connectivity index (χ2n) is 10.6. The maximum absolute atomic E-state index is 13.7. The van der Waals surface area contributed by atoms with Gasteiger partial charge in [0.2, 0.25) is 5.91 Å². The first-order chi connectivity index (χ1) is 17.4. The number of aryl methyl sites for hydroxylation is 3. The highest BCUT2D eigenvalue weighted by Crippen LogP contribution is 2.26. The number of carbonyl (C=O) groups excluding carboxylic acids is 2. The van der Waals surface area contributed by atoms with Crippen LogP contribution in [0.5, 0.6) is 5.75 Å². The Morgan fingerprint density at radius 1 is 0.919 bits per heavy atom. The highest BCUT2D eigenvalue weighted by Gasteiger charge is 2.32. The van der Waals surface area contributed by atoms with Gasteiger partial charge in [-0.3, -0.25) is 9.59 Å². The molecule has 0 saturated carbocycles. The van der Waals surface area contributed by atoms with Gasteiger partial charge in [0, 0.05) is 23.0 Å². The number of amides is 2. The van der Waals surface area contributed by atoms with Gasteiger partial charge in [-0.2, -0.15) is 0 Å². The zero-order valence-electron chi connectivity index (χ0n) is 22.6. The molecule has 0 fully saturated rings. The van der Waals surface area contributed by atoms with E-state index in [-0.39, 0.29) is 18.4 Å². The van der Waals surface area contributed by atoms with Gasteiger partial charge in [0.25, 0.3) is 5.91 Å². The predicted molar refractivity (Wildman–Crippen MR) is 153 cm³/mol. The minimum atomic E-state index is -0.701. The van der Waals surface area contributed by atoms with Crippen LogP contribution < -0.4 is 10.1 Å². The minimum absolute atomic E-state index is 0.166. The van der Waals surface area contributed by atoms with Gasteiger partial charge in [-0.15, -0.1) is 0 Å².